The fourth-order valence-corrected chi connectivity index (χ4v) is 17.3. The van der Waals surface area contributed by atoms with Gasteiger partial charge < -0.3 is 57.9 Å². The summed E-state index contributed by atoms with van der Waals surface area (Å²) in [6.45, 7) is 35.7. The van der Waals surface area contributed by atoms with Gasteiger partial charge in [-0.25, -0.2) is 41.3 Å². The standard InChI is InChI=1S/C34H51N6O7PSi.C21H23F5NO5P.C19H29N5O3Si/c1-10-25(11-2)19-43-32(41)24(4)39-48(42,46-26-15-13-12-14-16-26)44-20-28-23(3)30(47-49(8,9)33(5,6)7)34(21-35,45-28)29-18-17-27-31(36)37-22-38-40(27)29;1-4-13(5-2)11-30-21(28)12(3)27-33(29,31-14-9-7-6-8-10-14)32-20-18(25)16(23)15(22)17(24)19(20)26;1-12-14(9-25)26-19(10-20,16(12)27-28(5,6)18(2,3)4)15-8-7-13-17(21)22-11-23-24(13)15/h12-18,22-25,28,30H,10-11,19-20H2,1-9H3,(H,39,42)(H2,36,37,38);6-10,12-13H,4-5,11H2,1-3H3,(H,27,29);7-8,11-12,14,16,25H,9H2,1-6H3,(H2,21,22,23)/t23-,24+,28-,30?,34+,48+;12-,33-;12-,14-,16?,19+/m101/s1. The highest BCUT2D eigenvalue weighted by molar-refractivity contribution is 7.52. The zero-order valence-corrected chi connectivity index (χ0v) is 69.1. The molecule has 0 aliphatic carbocycles. The number of para-hydroxylation sites is 2. The van der Waals surface area contributed by atoms with Crippen molar-refractivity contribution >= 4 is 66.7 Å². The zero-order chi connectivity index (χ0) is 81.9. The van der Waals surface area contributed by atoms with Gasteiger partial charge in [-0.15, -0.1) is 0 Å². The van der Waals surface area contributed by atoms with Gasteiger partial charge in [0, 0.05) is 11.8 Å². The molecule has 7 aromatic rings. The lowest BCUT2D eigenvalue weighted by Gasteiger charge is -2.42. The number of anilines is 2. The first-order valence-corrected chi connectivity index (χ1v) is 45.2. The molecule has 4 aromatic heterocycles. The number of nitrogens with two attached hydrogens (primary N) is 2. The molecule has 602 valence electrons. The van der Waals surface area contributed by atoms with Crippen LogP contribution in [0.5, 0.6) is 17.2 Å². The summed E-state index contributed by atoms with van der Waals surface area (Å²) < 4.78 is 159. The van der Waals surface area contributed by atoms with Crippen LogP contribution in [-0.2, 0) is 62.2 Å². The number of benzene rings is 3. The van der Waals surface area contributed by atoms with Crippen LogP contribution in [0, 0.1) is 75.4 Å². The fraction of sp³-hybridized carbons (Fsp3) is 0.541. The summed E-state index contributed by atoms with van der Waals surface area (Å²) in [7, 11) is -13.9. The molecule has 2 fully saturated rings. The van der Waals surface area contributed by atoms with Gasteiger partial charge in [0.25, 0.3) is 0 Å². The molecular formula is C74H103F5N12O15P2Si2. The minimum absolute atomic E-state index is 0.0426. The van der Waals surface area contributed by atoms with Crippen LogP contribution >= 0.6 is 15.5 Å². The maximum atomic E-state index is 14.4. The molecule has 110 heavy (non-hydrogen) atoms. The normalized spacial score (nSPS) is 21.8. The van der Waals surface area contributed by atoms with Gasteiger partial charge >= 0.3 is 27.4 Å². The predicted molar refractivity (Wildman–Crippen MR) is 406 cm³/mol. The molecule has 2 aliphatic heterocycles. The van der Waals surface area contributed by atoms with E-state index in [-0.39, 0.29) is 71.6 Å². The van der Waals surface area contributed by atoms with Crippen LogP contribution in [-0.4, -0.2) is 126 Å². The number of nitrogens with one attached hydrogen (secondary N) is 2. The minimum Gasteiger partial charge on any atom is -0.464 e. The molecule has 12 atom stereocenters. The van der Waals surface area contributed by atoms with Crippen molar-refractivity contribution in [2.45, 2.75) is 207 Å². The summed E-state index contributed by atoms with van der Waals surface area (Å²) in [5.41, 5.74) is 11.1. The van der Waals surface area contributed by atoms with Gasteiger partial charge in [-0.1, -0.05) is 145 Å². The highest BCUT2D eigenvalue weighted by Gasteiger charge is 2.62. The number of nitrogen functional groups attached to an aromatic ring is 2. The number of rotatable bonds is 30. The molecule has 3 aromatic carbocycles. The van der Waals surface area contributed by atoms with Gasteiger partial charge in [0.1, 0.15) is 59.4 Å². The Morgan fingerprint density at radius 1 is 0.600 bits per heavy atom. The number of carbonyl (C=O) groups excluding carboxylic acids is 2. The highest BCUT2D eigenvalue weighted by atomic mass is 31.2. The Kier molecular flexibility index (Phi) is 29.8. The lowest BCUT2D eigenvalue weighted by atomic mass is 9.88. The van der Waals surface area contributed by atoms with Crippen molar-refractivity contribution in [1.82, 2.24) is 39.4 Å². The third kappa shape index (κ3) is 20.1. The number of nitriles is 2. The first-order valence-electron chi connectivity index (χ1n) is 36.3. The molecule has 0 spiro atoms. The number of hydrogen-bond acceptors (Lipinski definition) is 23. The third-order valence-corrected chi connectivity index (χ3v) is 32.8. The third-order valence-electron chi connectivity index (χ3n) is 20.7. The van der Waals surface area contributed by atoms with Crippen LogP contribution in [0.25, 0.3) is 11.0 Å². The van der Waals surface area contributed by atoms with Crippen molar-refractivity contribution in [1.29, 1.82) is 10.5 Å². The molecule has 36 heteroatoms. The molecule has 9 rings (SSSR count). The maximum absolute atomic E-state index is 14.4. The molecule has 2 aliphatic rings. The summed E-state index contributed by atoms with van der Waals surface area (Å²) in [4.78, 5) is 33.4. The molecule has 0 bridgehead atoms. The molecule has 0 radical (unpaired) electrons. The van der Waals surface area contributed by atoms with Crippen LogP contribution in [0.2, 0.25) is 36.3 Å². The number of nitrogens with zero attached hydrogens (tertiary/aromatic N) is 8. The molecule has 2 saturated heterocycles. The Balaban J connectivity index is 0.000000241. The van der Waals surface area contributed by atoms with Crippen molar-refractivity contribution in [3.05, 3.63) is 138 Å². The number of aliphatic hydroxyl groups is 1. The predicted octanol–water partition coefficient (Wildman–Crippen LogP) is 15.0. The van der Waals surface area contributed by atoms with Crippen molar-refractivity contribution in [2.24, 2.45) is 23.7 Å². The Hall–Kier alpha value is -7.96. The van der Waals surface area contributed by atoms with Crippen molar-refractivity contribution in [3.8, 4) is 29.4 Å². The Morgan fingerprint density at radius 2 is 0.964 bits per heavy atom. The Labute approximate surface area is 640 Å². The fourth-order valence-electron chi connectivity index (χ4n) is 11.5. The number of aromatic nitrogens is 6. The van der Waals surface area contributed by atoms with Gasteiger partial charge in [0.15, 0.2) is 28.3 Å². The number of ether oxygens (including phenoxy) is 4. The van der Waals surface area contributed by atoms with Crippen LogP contribution in [0.1, 0.15) is 134 Å². The van der Waals surface area contributed by atoms with Crippen LogP contribution < -0.4 is 35.2 Å². The van der Waals surface area contributed by atoms with E-state index in [0.717, 1.165) is 25.7 Å². The monoisotopic (exact) mass is 1610 g/mol. The molecule has 0 amide bonds. The quantitative estimate of drug-likeness (QED) is 0.00697. The minimum atomic E-state index is -4.93. The van der Waals surface area contributed by atoms with Gasteiger partial charge in [0.2, 0.25) is 46.0 Å². The van der Waals surface area contributed by atoms with E-state index in [1.807, 2.05) is 41.5 Å². The summed E-state index contributed by atoms with van der Waals surface area (Å²) >= 11 is 0. The molecule has 2 unspecified atom stereocenters. The van der Waals surface area contributed by atoms with E-state index in [1.165, 1.54) is 43.8 Å². The number of aliphatic hydroxyl groups excluding tert-OH is 1. The van der Waals surface area contributed by atoms with Gasteiger partial charge in [-0.2, -0.15) is 39.7 Å². The number of esters is 2. The van der Waals surface area contributed by atoms with E-state index in [2.05, 4.69) is 110 Å². The van der Waals surface area contributed by atoms with Crippen LogP contribution in [0.15, 0.2) is 97.6 Å². The number of halogens is 5. The maximum Gasteiger partial charge on any atom is 0.513 e. The average Bonchev–Trinajstić information content (AvgIpc) is 1.57. The van der Waals surface area contributed by atoms with E-state index >= 15 is 0 Å². The second-order valence-corrected chi connectivity index (χ2v) is 43.1. The van der Waals surface area contributed by atoms with Crippen molar-refractivity contribution in [2.75, 3.05) is 37.9 Å². The molecule has 27 nitrogen and oxygen atoms in total. The smallest absolute Gasteiger partial charge is 0.464 e. The van der Waals surface area contributed by atoms with E-state index < -0.39 is 133 Å². The van der Waals surface area contributed by atoms with Gasteiger partial charge in [-0.3, -0.25) is 14.1 Å². The van der Waals surface area contributed by atoms with E-state index in [0.29, 0.717) is 28.2 Å². The first kappa shape index (κ1) is 89.2. The molecule has 6 heterocycles. The summed E-state index contributed by atoms with van der Waals surface area (Å²) in [6, 6.07) is 25.0. The molecular weight excluding hydrogens is 1510 g/mol. The number of hydrogen-bond donors (Lipinski definition) is 5. The van der Waals surface area contributed by atoms with Gasteiger partial charge in [-0.05, 0) is 110 Å². The first-order chi connectivity index (χ1) is 51.5. The Morgan fingerprint density at radius 3 is 1.34 bits per heavy atom. The van der Waals surface area contributed by atoms with Crippen molar-refractivity contribution < 1.29 is 91.7 Å². The van der Waals surface area contributed by atoms with E-state index in [1.54, 1.807) is 76.6 Å². The number of fused-ring (bicyclic) bond motifs is 2. The second-order valence-electron chi connectivity index (χ2n) is 30.2. The topological polar surface area (TPSA) is 365 Å². The molecule has 7 N–H and O–H groups in total. The lowest BCUT2D eigenvalue weighted by Crippen LogP contribution is -2.51. The summed E-state index contributed by atoms with van der Waals surface area (Å²) in [6.07, 6.45) is 3.27. The summed E-state index contributed by atoms with van der Waals surface area (Å²) in [5, 5.41) is 44.4. The Bertz CT molecular complexity index is 4460. The second kappa shape index (κ2) is 36.7. The zero-order valence-electron chi connectivity index (χ0n) is 65.3. The van der Waals surface area contributed by atoms with Crippen LogP contribution in [0.3, 0.4) is 0 Å². The average molecular weight is 1610 g/mol. The van der Waals surface area contributed by atoms with E-state index in [4.69, 9.17) is 57.4 Å². The van der Waals surface area contributed by atoms with Crippen LogP contribution in [0.4, 0.5) is 33.6 Å². The molecule has 0 saturated carbocycles. The largest absolute Gasteiger partial charge is 0.513 e. The van der Waals surface area contributed by atoms with Gasteiger partial charge in [0.05, 0.1) is 62.2 Å². The highest BCUT2D eigenvalue weighted by Crippen LogP contribution is 2.54. The van der Waals surface area contributed by atoms with Crippen molar-refractivity contribution in [3.63, 3.8) is 0 Å². The van der Waals surface area contributed by atoms with E-state index in [9.17, 15) is 56.3 Å². The lowest BCUT2D eigenvalue weighted by molar-refractivity contribution is -0.147. The number of carbonyl (C=O) groups is 2. The SMILES string of the molecule is CCC(CC)COC(=O)[C@H](C)N[P@](=O)(OC[C@H]1O[C@@](C#N)(c2ccc3c(N)ncnn23)C(O[Si](C)(C)C(C)(C)C)[C@@H]1C)Oc1ccccc1.CCC(CC)COC(=O)[C@H](C)N[P@](=O)(Oc1ccccc1)Oc1c(F)c(F)c(F)c(F)c1F.C[C@H]1C(O[Si](C)(C)C(C)(C)C)[C@](C#N)(c2ccc3c(N)ncnn23)O[C@@H]1CO. The summed E-state index contributed by atoms with van der Waals surface area (Å²) in [5.74, 6) is -14.6.